The molecule has 3 aliphatic rings. The van der Waals surface area contributed by atoms with Gasteiger partial charge in [-0.25, -0.2) is 0 Å². The van der Waals surface area contributed by atoms with E-state index in [4.69, 9.17) is 0 Å². The van der Waals surface area contributed by atoms with Crippen LogP contribution in [0, 0.1) is 28.6 Å². The highest BCUT2D eigenvalue weighted by Crippen LogP contribution is 2.65. The van der Waals surface area contributed by atoms with Crippen LogP contribution in [0.3, 0.4) is 0 Å². The molecule has 3 rings (SSSR count). The Kier molecular flexibility index (Phi) is 4.77. The predicted molar refractivity (Wildman–Crippen MR) is 99.6 cm³/mol. The van der Waals surface area contributed by atoms with Crippen LogP contribution in [0.5, 0.6) is 0 Å². The minimum atomic E-state index is -0.431. The molecule has 2 nitrogen and oxygen atoms in total. The summed E-state index contributed by atoms with van der Waals surface area (Å²) in [5.41, 5.74) is 3.08. The highest BCUT2D eigenvalue weighted by Gasteiger charge is 2.59. The lowest BCUT2D eigenvalue weighted by Crippen LogP contribution is -2.54. The highest BCUT2D eigenvalue weighted by atomic mass is 16.3. The highest BCUT2D eigenvalue weighted by molar-refractivity contribution is 5.28. The van der Waals surface area contributed by atoms with E-state index < -0.39 is 6.10 Å². The maximum absolute atomic E-state index is 11.1. The summed E-state index contributed by atoms with van der Waals surface area (Å²) < 4.78 is 0. The lowest BCUT2D eigenvalue weighted by molar-refractivity contribution is -0.0916. The van der Waals surface area contributed by atoms with Crippen molar-refractivity contribution in [3.8, 4) is 0 Å². The van der Waals surface area contributed by atoms with Gasteiger partial charge in [0.15, 0.2) is 0 Å². The summed E-state index contributed by atoms with van der Waals surface area (Å²) in [7, 11) is 0. The first-order valence-electron chi connectivity index (χ1n) is 9.99. The second-order valence-electron chi connectivity index (χ2n) is 9.26. The maximum atomic E-state index is 11.1. The Labute approximate surface area is 148 Å². The average Bonchev–Trinajstić information content (AvgIpc) is 2.80. The lowest BCUT2D eigenvalue weighted by atomic mass is 9.47. The molecule has 7 atom stereocenters. The first-order valence-corrected chi connectivity index (χ1v) is 9.99. The molecular weight excluding hydrogens is 296 g/mol. The van der Waals surface area contributed by atoms with Crippen molar-refractivity contribution in [1.29, 1.82) is 0 Å². The average molecular weight is 333 g/mol. The van der Waals surface area contributed by atoms with Gasteiger partial charge in [-0.1, -0.05) is 51.0 Å². The molecule has 3 saturated carbocycles. The number of hydrogen-bond acceptors (Lipinski definition) is 2. The van der Waals surface area contributed by atoms with Gasteiger partial charge < -0.3 is 10.2 Å². The topological polar surface area (TPSA) is 40.5 Å². The standard InChI is InChI=1S/C22H36O2/c1-6-10-22(5)16(12-15(3)23)13-19(24)20-17-8-7-14(2)21(17,4)11-9-18(20)22/h12,15,17-20,23-24H,2,6-11,13H2,1,3-5H3/b16-12-. The molecule has 0 saturated heterocycles. The van der Waals surface area contributed by atoms with Gasteiger partial charge in [0.1, 0.15) is 0 Å². The van der Waals surface area contributed by atoms with Crippen molar-refractivity contribution in [2.75, 3.05) is 0 Å². The third-order valence-electron chi connectivity index (χ3n) is 7.92. The maximum Gasteiger partial charge on any atom is 0.0695 e. The third-order valence-corrected chi connectivity index (χ3v) is 7.92. The zero-order valence-corrected chi connectivity index (χ0v) is 16.0. The SMILES string of the molecule is C=C1CCC2C3C(O)C/C(=C/C(C)O)C(C)(CCC)C3CCC12C. The Morgan fingerprint density at radius 3 is 2.62 bits per heavy atom. The summed E-state index contributed by atoms with van der Waals surface area (Å²) in [6.07, 6.45) is 9.11. The van der Waals surface area contributed by atoms with E-state index in [-0.39, 0.29) is 16.9 Å². The molecule has 2 heteroatoms. The Balaban J connectivity index is 2.01. The van der Waals surface area contributed by atoms with E-state index in [0.717, 1.165) is 25.7 Å². The molecule has 0 spiro atoms. The van der Waals surface area contributed by atoms with E-state index >= 15 is 0 Å². The molecule has 0 aromatic rings. The largest absolute Gasteiger partial charge is 0.392 e. The van der Waals surface area contributed by atoms with E-state index in [1.54, 1.807) is 0 Å². The number of fused-ring (bicyclic) bond motifs is 3. The van der Waals surface area contributed by atoms with Gasteiger partial charge in [-0.15, -0.1) is 0 Å². The zero-order valence-electron chi connectivity index (χ0n) is 16.0. The molecule has 0 aromatic heterocycles. The Morgan fingerprint density at radius 1 is 1.29 bits per heavy atom. The minimum Gasteiger partial charge on any atom is -0.392 e. The molecule has 0 aromatic carbocycles. The fourth-order valence-corrected chi connectivity index (χ4v) is 6.63. The molecule has 0 radical (unpaired) electrons. The smallest absolute Gasteiger partial charge is 0.0695 e. The van der Waals surface area contributed by atoms with Crippen LogP contribution in [-0.4, -0.2) is 22.4 Å². The van der Waals surface area contributed by atoms with Crippen molar-refractivity contribution in [3.63, 3.8) is 0 Å². The quantitative estimate of drug-likeness (QED) is 0.724. The number of aliphatic hydroxyl groups excluding tert-OH is 2. The third kappa shape index (κ3) is 2.61. The van der Waals surface area contributed by atoms with Crippen LogP contribution < -0.4 is 0 Å². The molecule has 7 unspecified atom stereocenters. The van der Waals surface area contributed by atoms with E-state index in [1.807, 2.05) is 13.0 Å². The molecule has 0 aliphatic heterocycles. The summed E-state index contributed by atoms with van der Waals surface area (Å²) in [6, 6.07) is 0. The van der Waals surface area contributed by atoms with Crippen molar-refractivity contribution in [1.82, 2.24) is 0 Å². The van der Waals surface area contributed by atoms with Crippen molar-refractivity contribution in [2.45, 2.75) is 84.8 Å². The summed E-state index contributed by atoms with van der Waals surface area (Å²) in [5.74, 6) is 1.52. The lowest BCUT2D eigenvalue weighted by Gasteiger charge is -2.58. The summed E-state index contributed by atoms with van der Waals surface area (Å²) in [4.78, 5) is 0. The minimum absolute atomic E-state index is 0.126. The Bertz CT molecular complexity index is 534. The normalized spacial score (nSPS) is 48.2. The molecule has 3 aliphatic carbocycles. The zero-order chi connectivity index (χ0) is 17.7. The van der Waals surface area contributed by atoms with Crippen LogP contribution in [0.2, 0.25) is 0 Å². The molecule has 0 amide bonds. The van der Waals surface area contributed by atoms with Crippen LogP contribution in [0.1, 0.15) is 72.6 Å². The van der Waals surface area contributed by atoms with Gasteiger partial charge in [0.05, 0.1) is 12.2 Å². The molecular formula is C22H36O2. The van der Waals surface area contributed by atoms with Gasteiger partial charge in [-0.05, 0) is 74.0 Å². The van der Waals surface area contributed by atoms with E-state index in [0.29, 0.717) is 17.8 Å². The second kappa shape index (κ2) is 6.29. The first-order chi connectivity index (χ1) is 11.2. The molecule has 0 heterocycles. The summed E-state index contributed by atoms with van der Waals surface area (Å²) in [6.45, 7) is 13.3. The summed E-state index contributed by atoms with van der Waals surface area (Å²) >= 11 is 0. The monoisotopic (exact) mass is 332 g/mol. The first kappa shape index (κ1) is 18.2. The Hall–Kier alpha value is -0.600. The number of rotatable bonds is 3. The van der Waals surface area contributed by atoms with Crippen LogP contribution in [0.4, 0.5) is 0 Å². The van der Waals surface area contributed by atoms with Crippen molar-refractivity contribution in [3.05, 3.63) is 23.8 Å². The fraction of sp³-hybridized carbons (Fsp3) is 0.818. The molecule has 3 fully saturated rings. The van der Waals surface area contributed by atoms with Crippen molar-refractivity contribution in [2.24, 2.45) is 28.6 Å². The Morgan fingerprint density at radius 2 is 2.00 bits per heavy atom. The number of allylic oxidation sites excluding steroid dienone is 1. The van der Waals surface area contributed by atoms with Gasteiger partial charge in [-0.3, -0.25) is 0 Å². The van der Waals surface area contributed by atoms with Crippen molar-refractivity contribution < 1.29 is 10.2 Å². The van der Waals surface area contributed by atoms with Gasteiger partial charge >= 0.3 is 0 Å². The summed E-state index contributed by atoms with van der Waals surface area (Å²) in [5, 5.41) is 21.0. The van der Waals surface area contributed by atoms with E-state index in [9.17, 15) is 10.2 Å². The molecule has 2 N–H and O–H groups in total. The van der Waals surface area contributed by atoms with Gasteiger partial charge in [0.25, 0.3) is 0 Å². The fourth-order valence-electron chi connectivity index (χ4n) is 6.63. The molecule has 136 valence electrons. The van der Waals surface area contributed by atoms with E-state index in [2.05, 4.69) is 27.4 Å². The van der Waals surface area contributed by atoms with Gasteiger partial charge in [-0.2, -0.15) is 0 Å². The number of aliphatic hydroxyl groups is 2. The van der Waals surface area contributed by atoms with E-state index in [1.165, 1.54) is 30.4 Å². The van der Waals surface area contributed by atoms with Crippen molar-refractivity contribution >= 4 is 0 Å². The molecule has 0 bridgehead atoms. The number of hydrogen-bond donors (Lipinski definition) is 2. The van der Waals surface area contributed by atoms with Crippen LogP contribution in [-0.2, 0) is 0 Å². The van der Waals surface area contributed by atoms with Crippen LogP contribution in [0.15, 0.2) is 23.8 Å². The van der Waals surface area contributed by atoms with Gasteiger partial charge in [0, 0.05) is 0 Å². The predicted octanol–water partition coefficient (Wildman–Crippen LogP) is 4.86. The van der Waals surface area contributed by atoms with Crippen LogP contribution in [0.25, 0.3) is 0 Å². The second-order valence-corrected chi connectivity index (χ2v) is 9.26. The van der Waals surface area contributed by atoms with Crippen LogP contribution >= 0.6 is 0 Å². The van der Waals surface area contributed by atoms with Gasteiger partial charge in [0.2, 0.25) is 0 Å². The molecule has 24 heavy (non-hydrogen) atoms.